The van der Waals surface area contributed by atoms with Gasteiger partial charge in [0.05, 0.1) is 21.7 Å². The number of nitro groups is 1. The van der Waals surface area contributed by atoms with Gasteiger partial charge in [-0.1, -0.05) is 11.6 Å². The van der Waals surface area contributed by atoms with Crippen molar-refractivity contribution in [3.63, 3.8) is 0 Å². The minimum absolute atomic E-state index is 0.0893. The highest BCUT2D eigenvalue weighted by Gasteiger charge is 2.33. The fourth-order valence-corrected chi connectivity index (χ4v) is 3.60. The Labute approximate surface area is 191 Å². The molecule has 0 radical (unpaired) electrons. The van der Waals surface area contributed by atoms with E-state index in [9.17, 15) is 32.9 Å². The maximum absolute atomic E-state index is 12.8. The predicted octanol–water partition coefficient (Wildman–Crippen LogP) is 4.94. The van der Waals surface area contributed by atoms with Crippen LogP contribution in [0.3, 0.4) is 0 Å². The van der Waals surface area contributed by atoms with Gasteiger partial charge in [0.15, 0.2) is 0 Å². The molecule has 8 nitrogen and oxygen atoms in total. The molecule has 2 amide bonds. The number of hydrogen-bond donors (Lipinski definition) is 2. The number of anilines is 2. The molecule has 1 fully saturated rings. The number of carbonyl (C=O) groups is 2. The third kappa shape index (κ3) is 6.13. The van der Waals surface area contributed by atoms with Crippen LogP contribution in [0.2, 0.25) is 5.02 Å². The van der Waals surface area contributed by atoms with Crippen molar-refractivity contribution in [2.75, 3.05) is 30.3 Å². The van der Waals surface area contributed by atoms with Crippen molar-refractivity contribution in [3.8, 4) is 0 Å². The van der Waals surface area contributed by atoms with Gasteiger partial charge in [0.2, 0.25) is 5.91 Å². The smallest absolute Gasteiger partial charge is 0.379 e. The lowest BCUT2D eigenvalue weighted by Gasteiger charge is -2.18. The number of nitrogens with zero attached hydrogens (tertiary/aromatic N) is 2. The van der Waals surface area contributed by atoms with Crippen LogP contribution in [0.5, 0.6) is 0 Å². The third-order valence-electron chi connectivity index (χ3n) is 5.07. The molecule has 0 aliphatic carbocycles. The number of carbonyl (C=O) groups excluding carboxylic acids is 2. The Hall–Kier alpha value is -3.34. The van der Waals surface area contributed by atoms with Crippen LogP contribution in [-0.4, -0.2) is 41.3 Å². The number of likely N-dealkylation sites (tertiary alicyclic amines) is 1. The van der Waals surface area contributed by atoms with Crippen molar-refractivity contribution >= 4 is 40.5 Å². The molecule has 3 rings (SSSR count). The molecule has 1 saturated heterocycles. The van der Waals surface area contributed by atoms with E-state index in [2.05, 4.69) is 10.6 Å². The van der Waals surface area contributed by atoms with Gasteiger partial charge in [-0.3, -0.25) is 19.7 Å². The first kappa shape index (κ1) is 24.3. The second-order valence-electron chi connectivity index (χ2n) is 7.40. The summed E-state index contributed by atoms with van der Waals surface area (Å²) in [6.07, 6.45) is -3.07. The van der Waals surface area contributed by atoms with Crippen molar-refractivity contribution < 1.29 is 27.7 Å². The van der Waals surface area contributed by atoms with Crippen LogP contribution in [0.15, 0.2) is 36.4 Å². The zero-order valence-electron chi connectivity index (χ0n) is 17.2. The molecule has 1 heterocycles. The molecule has 0 aromatic heterocycles. The number of benzene rings is 2. The van der Waals surface area contributed by atoms with Crippen LogP contribution < -0.4 is 10.6 Å². The van der Waals surface area contributed by atoms with Gasteiger partial charge in [-0.15, -0.1) is 0 Å². The zero-order valence-corrected chi connectivity index (χ0v) is 18.0. The van der Waals surface area contributed by atoms with Crippen LogP contribution in [-0.2, 0) is 11.0 Å². The molecule has 0 atom stereocenters. The number of nitrogens with one attached hydrogen (secondary N) is 2. The van der Waals surface area contributed by atoms with Crippen molar-refractivity contribution in [1.82, 2.24) is 4.90 Å². The molecule has 33 heavy (non-hydrogen) atoms. The molecule has 2 aromatic rings. The summed E-state index contributed by atoms with van der Waals surface area (Å²) in [7, 11) is 0. The van der Waals surface area contributed by atoms with Crippen LogP contribution in [0.25, 0.3) is 0 Å². The van der Waals surface area contributed by atoms with Gasteiger partial charge in [-0.25, -0.2) is 0 Å². The maximum atomic E-state index is 12.8. The number of nitro benzene ring substituents is 1. The van der Waals surface area contributed by atoms with Crippen LogP contribution in [0, 0.1) is 10.1 Å². The Morgan fingerprint density at radius 2 is 1.79 bits per heavy atom. The summed E-state index contributed by atoms with van der Waals surface area (Å²) in [5.74, 6) is -0.729. The van der Waals surface area contributed by atoms with Crippen LogP contribution in [0.1, 0.15) is 35.2 Å². The molecule has 0 unspecified atom stereocenters. The molecule has 0 spiro atoms. The average molecular weight is 485 g/mol. The van der Waals surface area contributed by atoms with E-state index in [1.807, 2.05) is 0 Å². The SMILES string of the molecule is O=C(CCNc1ccc(C(F)(F)F)cc1[N+](=O)[O-])Nc1cc(Cl)ccc1C(=O)N1CCCC1. The van der Waals surface area contributed by atoms with Gasteiger partial charge in [0, 0.05) is 37.1 Å². The molecule has 1 aliphatic rings. The summed E-state index contributed by atoms with van der Waals surface area (Å²) >= 11 is 6.01. The summed E-state index contributed by atoms with van der Waals surface area (Å²) in [5, 5.41) is 16.7. The van der Waals surface area contributed by atoms with Gasteiger partial charge in [0.25, 0.3) is 11.6 Å². The number of alkyl halides is 3. The second kappa shape index (κ2) is 10.1. The summed E-state index contributed by atoms with van der Waals surface area (Å²) in [6, 6.07) is 6.63. The minimum atomic E-state index is -4.72. The van der Waals surface area contributed by atoms with Gasteiger partial charge in [0.1, 0.15) is 5.69 Å². The van der Waals surface area contributed by atoms with Crippen molar-refractivity contribution in [3.05, 3.63) is 62.7 Å². The lowest BCUT2D eigenvalue weighted by molar-refractivity contribution is -0.384. The van der Waals surface area contributed by atoms with E-state index in [0.717, 1.165) is 25.0 Å². The monoisotopic (exact) mass is 484 g/mol. The highest BCUT2D eigenvalue weighted by molar-refractivity contribution is 6.31. The molecule has 0 saturated carbocycles. The van der Waals surface area contributed by atoms with Gasteiger partial charge >= 0.3 is 6.18 Å². The maximum Gasteiger partial charge on any atom is 0.416 e. The van der Waals surface area contributed by atoms with Gasteiger partial charge in [-0.2, -0.15) is 13.2 Å². The number of halogens is 4. The van der Waals surface area contributed by atoms with Gasteiger partial charge < -0.3 is 15.5 Å². The molecule has 12 heteroatoms. The first-order valence-corrected chi connectivity index (χ1v) is 10.4. The standard InChI is InChI=1S/C21H20ClF3N4O4/c22-14-4-5-15(20(31)28-9-1-2-10-28)17(12-14)27-19(30)7-8-26-16-6-3-13(21(23,24)25)11-18(16)29(32)33/h3-6,11-12,26H,1-2,7-10H2,(H,27,30). The number of rotatable bonds is 7. The quantitative estimate of drug-likeness (QED) is 0.427. The van der Waals surface area contributed by atoms with Crippen LogP contribution in [0.4, 0.5) is 30.2 Å². The largest absolute Gasteiger partial charge is 0.416 e. The van der Waals surface area contributed by atoms with E-state index in [4.69, 9.17) is 11.6 Å². The molecular formula is C21H20ClF3N4O4. The summed E-state index contributed by atoms with van der Waals surface area (Å²) in [5.41, 5.74) is -1.51. The number of hydrogen-bond acceptors (Lipinski definition) is 5. The van der Waals surface area contributed by atoms with E-state index in [-0.39, 0.29) is 30.2 Å². The van der Waals surface area contributed by atoms with Crippen molar-refractivity contribution in [1.29, 1.82) is 0 Å². The Morgan fingerprint density at radius 1 is 1.09 bits per heavy atom. The fraction of sp³-hybridized carbons (Fsp3) is 0.333. The summed E-state index contributed by atoms with van der Waals surface area (Å²) in [6.45, 7) is 1.17. The first-order valence-electron chi connectivity index (χ1n) is 10.0. The van der Waals surface area contributed by atoms with Crippen molar-refractivity contribution in [2.45, 2.75) is 25.4 Å². The lowest BCUT2D eigenvalue weighted by atomic mass is 10.1. The molecule has 2 aromatic carbocycles. The van der Waals surface area contributed by atoms with E-state index < -0.39 is 28.3 Å². The van der Waals surface area contributed by atoms with Crippen molar-refractivity contribution in [2.24, 2.45) is 0 Å². The zero-order chi connectivity index (χ0) is 24.2. The minimum Gasteiger partial charge on any atom is -0.379 e. The lowest BCUT2D eigenvalue weighted by Crippen LogP contribution is -2.29. The molecule has 2 N–H and O–H groups in total. The molecule has 1 aliphatic heterocycles. The van der Waals surface area contributed by atoms with E-state index in [1.54, 1.807) is 11.0 Å². The predicted molar refractivity (Wildman–Crippen MR) is 116 cm³/mol. The third-order valence-corrected chi connectivity index (χ3v) is 5.30. The highest BCUT2D eigenvalue weighted by atomic mass is 35.5. The van der Waals surface area contributed by atoms with E-state index in [0.29, 0.717) is 29.7 Å². The summed E-state index contributed by atoms with van der Waals surface area (Å²) < 4.78 is 38.4. The molecular weight excluding hydrogens is 465 g/mol. The highest BCUT2D eigenvalue weighted by Crippen LogP contribution is 2.35. The van der Waals surface area contributed by atoms with E-state index in [1.165, 1.54) is 12.1 Å². The summed E-state index contributed by atoms with van der Waals surface area (Å²) in [4.78, 5) is 37.1. The molecule has 0 bridgehead atoms. The topological polar surface area (TPSA) is 105 Å². The van der Waals surface area contributed by atoms with Gasteiger partial charge in [-0.05, 0) is 43.2 Å². The second-order valence-corrected chi connectivity index (χ2v) is 7.84. The first-order chi connectivity index (χ1) is 15.6. The van der Waals surface area contributed by atoms with Crippen LogP contribution >= 0.6 is 11.6 Å². The Bertz CT molecular complexity index is 1070. The molecule has 176 valence electrons. The Morgan fingerprint density at radius 3 is 2.42 bits per heavy atom. The average Bonchev–Trinajstić information content (AvgIpc) is 3.27. The fourth-order valence-electron chi connectivity index (χ4n) is 3.43. The normalized spacial score (nSPS) is 13.6. The number of amides is 2. The van der Waals surface area contributed by atoms with E-state index >= 15 is 0 Å². The Kier molecular flexibility index (Phi) is 7.42. The Balaban J connectivity index is 1.65.